The third-order valence-corrected chi connectivity index (χ3v) is 4.12. The van der Waals surface area contributed by atoms with Gasteiger partial charge in [0, 0.05) is 0 Å². The van der Waals surface area contributed by atoms with E-state index < -0.39 is 0 Å². The van der Waals surface area contributed by atoms with Crippen molar-refractivity contribution >= 4 is 11.1 Å². The molecule has 0 amide bonds. The molecule has 0 radical (unpaired) electrons. The molecule has 0 aliphatic rings. The lowest BCUT2D eigenvalue weighted by Gasteiger charge is -2.15. The van der Waals surface area contributed by atoms with Gasteiger partial charge in [-0.1, -0.05) is 50.0 Å². The Morgan fingerprint density at radius 1 is 0.692 bits per heavy atom. The van der Waals surface area contributed by atoms with Gasteiger partial charge >= 0.3 is 0 Å². The largest absolute Gasteiger partial charge is 0.481 e. The maximum absolute atomic E-state index is 5.46. The highest BCUT2D eigenvalue weighted by Gasteiger charge is 2.09. The van der Waals surface area contributed by atoms with E-state index in [0.29, 0.717) is 0 Å². The number of rotatable bonds is 8. The highest BCUT2D eigenvalue weighted by molar-refractivity contribution is 5.90. The molecular weight excluding hydrogens is 320 g/mol. The van der Waals surface area contributed by atoms with Crippen molar-refractivity contribution in [3.8, 4) is 36.2 Å². The van der Waals surface area contributed by atoms with Gasteiger partial charge in [0.2, 0.25) is 0 Å². The van der Waals surface area contributed by atoms with Gasteiger partial charge in [0.05, 0.1) is 0 Å². The Balaban J connectivity index is 2.31. The zero-order valence-corrected chi connectivity index (χ0v) is 15.4. The number of allylic oxidation sites excluding steroid dienone is 2. The minimum Gasteiger partial charge on any atom is -0.481 e. The smallest absolute Gasteiger partial charge is 0.148 e. The quantitative estimate of drug-likeness (QED) is 0.469. The van der Waals surface area contributed by atoms with Crippen LogP contribution in [0.4, 0.5) is 0 Å². The molecule has 2 aromatic carbocycles. The fraction of sp³-hybridized carbons (Fsp3) is 0.250. The van der Waals surface area contributed by atoms with E-state index in [1.54, 1.807) is 0 Å². The number of ether oxygens (including phenoxy) is 2. The molecule has 0 aromatic heterocycles. The molecule has 0 aliphatic heterocycles. The van der Waals surface area contributed by atoms with Crippen molar-refractivity contribution < 1.29 is 9.47 Å². The Bertz CT molecular complexity index is 741. The highest BCUT2D eigenvalue weighted by atomic mass is 16.5. The number of terminal acetylenes is 2. The van der Waals surface area contributed by atoms with Crippen LogP contribution >= 0.6 is 0 Å². The van der Waals surface area contributed by atoms with E-state index in [-0.39, 0.29) is 13.2 Å². The Morgan fingerprint density at radius 3 is 1.31 bits per heavy atom. The predicted octanol–water partition coefficient (Wildman–Crippen LogP) is 5.44. The molecular formula is C24H24O2. The summed E-state index contributed by atoms with van der Waals surface area (Å²) in [6.45, 7) is 4.92. The van der Waals surface area contributed by atoms with Crippen molar-refractivity contribution in [2.45, 2.75) is 26.7 Å². The number of benzene rings is 2. The first kappa shape index (κ1) is 19.2. The van der Waals surface area contributed by atoms with E-state index in [0.717, 1.165) is 24.3 Å². The van der Waals surface area contributed by atoms with Crippen molar-refractivity contribution in [1.29, 1.82) is 0 Å². The molecule has 0 saturated carbocycles. The topological polar surface area (TPSA) is 18.5 Å². The van der Waals surface area contributed by atoms with Crippen LogP contribution in [-0.2, 0) is 0 Å². The molecule has 2 aromatic rings. The molecule has 2 nitrogen and oxygen atoms in total. The van der Waals surface area contributed by atoms with Crippen LogP contribution in [0.25, 0.3) is 11.1 Å². The number of hydrogen-bond acceptors (Lipinski definition) is 2. The minimum atomic E-state index is 0.282. The van der Waals surface area contributed by atoms with Crippen LogP contribution in [0, 0.1) is 24.7 Å². The second kappa shape index (κ2) is 10.0. The summed E-state index contributed by atoms with van der Waals surface area (Å²) >= 11 is 0. The molecule has 2 heteroatoms. The van der Waals surface area contributed by atoms with E-state index in [1.165, 1.54) is 22.3 Å². The molecule has 26 heavy (non-hydrogen) atoms. The molecule has 132 valence electrons. The maximum Gasteiger partial charge on any atom is 0.148 e. The van der Waals surface area contributed by atoms with E-state index in [4.69, 9.17) is 22.3 Å². The summed E-state index contributed by atoms with van der Waals surface area (Å²) in [5.41, 5.74) is 5.05. The van der Waals surface area contributed by atoms with E-state index in [1.807, 2.05) is 24.3 Å². The van der Waals surface area contributed by atoms with Crippen molar-refractivity contribution in [3.05, 3.63) is 59.7 Å². The summed E-state index contributed by atoms with van der Waals surface area (Å²) < 4.78 is 10.9. The van der Waals surface area contributed by atoms with Gasteiger partial charge in [-0.2, -0.15) is 0 Å². The summed E-state index contributed by atoms with van der Waals surface area (Å²) in [5.74, 6) is 6.53. The summed E-state index contributed by atoms with van der Waals surface area (Å²) in [7, 11) is 0. The molecule has 0 N–H and O–H groups in total. The summed E-state index contributed by atoms with van der Waals surface area (Å²) in [6, 6.07) is 16.2. The lowest BCUT2D eigenvalue weighted by Crippen LogP contribution is -1.96. The molecule has 0 aliphatic carbocycles. The average molecular weight is 344 g/mol. The van der Waals surface area contributed by atoms with Gasteiger partial charge < -0.3 is 9.47 Å². The van der Waals surface area contributed by atoms with Crippen LogP contribution in [0.5, 0.6) is 11.5 Å². The normalized spacial score (nSPS) is 11.1. The highest BCUT2D eigenvalue weighted by Crippen LogP contribution is 2.32. The van der Waals surface area contributed by atoms with Gasteiger partial charge in [0.15, 0.2) is 0 Å². The average Bonchev–Trinajstić information content (AvgIpc) is 2.70. The molecule has 0 heterocycles. The Hall–Kier alpha value is -3.10. The van der Waals surface area contributed by atoms with Crippen molar-refractivity contribution in [2.24, 2.45) is 0 Å². The lowest BCUT2D eigenvalue weighted by molar-refractivity contribution is 0.370. The first-order chi connectivity index (χ1) is 12.7. The van der Waals surface area contributed by atoms with E-state index >= 15 is 0 Å². The monoisotopic (exact) mass is 344 g/mol. The molecule has 0 unspecified atom stereocenters. The Labute approximate surface area is 156 Å². The fourth-order valence-electron chi connectivity index (χ4n) is 2.94. The van der Waals surface area contributed by atoms with Gasteiger partial charge in [0.1, 0.15) is 24.7 Å². The SMILES string of the molecule is C#CCOc1ccc(/C(CC)=C(\CC)c2ccc(OCC#C)cc2)cc1. The van der Waals surface area contributed by atoms with Gasteiger partial charge in [-0.05, 0) is 59.4 Å². The maximum atomic E-state index is 5.46. The first-order valence-electron chi connectivity index (χ1n) is 8.78. The van der Waals surface area contributed by atoms with Crippen molar-refractivity contribution in [1.82, 2.24) is 0 Å². The molecule has 0 atom stereocenters. The predicted molar refractivity (Wildman–Crippen MR) is 109 cm³/mol. The van der Waals surface area contributed by atoms with Gasteiger partial charge in [0.25, 0.3) is 0 Å². The third-order valence-electron chi connectivity index (χ3n) is 4.12. The summed E-state index contributed by atoms with van der Waals surface area (Å²) in [4.78, 5) is 0. The second-order valence-electron chi connectivity index (χ2n) is 5.70. The van der Waals surface area contributed by atoms with Gasteiger partial charge in [-0.25, -0.2) is 0 Å². The standard InChI is InChI=1S/C24H24O2/c1-5-17-25-21-13-9-19(10-14-21)23(7-3)24(8-4)20-11-15-22(16-12-20)26-18-6-2/h1-2,9-16H,7-8,17-18H2,3-4H3/b24-23+. The van der Waals surface area contributed by atoms with Gasteiger partial charge in [-0.15, -0.1) is 12.8 Å². The van der Waals surface area contributed by atoms with Crippen molar-refractivity contribution in [3.63, 3.8) is 0 Å². The van der Waals surface area contributed by atoms with Gasteiger partial charge in [-0.3, -0.25) is 0 Å². The van der Waals surface area contributed by atoms with Crippen molar-refractivity contribution in [2.75, 3.05) is 13.2 Å². The van der Waals surface area contributed by atoms with Crippen LogP contribution in [0.1, 0.15) is 37.8 Å². The van der Waals surface area contributed by atoms with Crippen LogP contribution in [0.3, 0.4) is 0 Å². The Morgan fingerprint density at radius 2 is 1.04 bits per heavy atom. The summed E-state index contributed by atoms with van der Waals surface area (Å²) in [5, 5.41) is 0. The minimum absolute atomic E-state index is 0.282. The molecule has 0 spiro atoms. The summed E-state index contributed by atoms with van der Waals surface area (Å²) in [6.07, 6.45) is 12.4. The van der Waals surface area contributed by atoms with Crippen LogP contribution in [0.2, 0.25) is 0 Å². The Kier molecular flexibility index (Phi) is 7.41. The van der Waals surface area contributed by atoms with E-state index in [9.17, 15) is 0 Å². The molecule has 0 saturated heterocycles. The molecule has 0 bridgehead atoms. The second-order valence-corrected chi connectivity index (χ2v) is 5.70. The van der Waals surface area contributed by atoms with E-state index in [2.05, 4.69) is 50.0 Å². The zero-order valence-electron chi connectivity index (χ0n) is 15.4. The van der Waals surface area contributed by atoms with Crippen LogP contribution < -0.4 is 9.47 Å². The van der Waals surface area contributed by atoms with Crippen LogP contribution in [-0.4, -0.2) is 13.2 Å². The lowest BCUT2D eigenvalue weighted by atomic mass is 9.91. The van der Waals surface area contributed by atoms with Crippen LogP contribution in [0.15, 0.2) is 48.5 Å². The zero-order chi connectivity index (χ0) is 18.8. The molecule has 2 rings (SSSR count). The first-order valence-corrected chi connectivity index (χ1v) is 8.78. The number of hydrogen-bond donors (Lipinski definition) is 0. The molecule has 0 fully saturated rings. The fourth-order valence-corrected chi connectivity index (χ4v) is 2.94. The third kappa shape index (κ3) is 4.95.